The molecule has 0 atom stereocenters. The van der Waals surface area contributed by atoms with Crippen molar-refractivity contribution >= 4 is 8.53 Å². The number of hydrogen-bond acceptors (Lipinski definition) is 3. The van der Waals surface area contributed by atoms with Gasteiger partial charge in [-0.1, -0.05) is 38.1 Å². The Labute approximate surface area is 163 Å². The average Bonchev–Trinajstić information content (AvgIpc) is 3.23. The van der Waals surface area contributed by atoms with Crippen LogP contribution in [0.15, 0.2) is 36.4 Å². The Hall–Kier alpha value is -1.57. The summed E-state index contributed by atoms with van der Waals surface area (Å²) in [6.45, 7) is 6.48. The van der Waals surface area contributed by atoms with Crippen molar-refractivity contribution in [3.05, 3.63) is 58.7 Å². The Morgan fingerprint density at radius 2 is 1.37 bits per heavy atom. The molecule has 142 valence electrons. The van der Waals surface area contributed by atoms with Crippen LogP contribution in [0.3, 0.4) is 0 Å². The van der Waals surface area contributed by atoms with Gasteiger partial charge in [0.05, 0.1) is 0 Å². The van der Waals surface area contributed by atoms with E-state index in [0.717, 1.165) is 50.3 Å². The van der Waals surface area contributed by atoms with Crippen LogP contribution < -0.4 is 9.05 Å². The number of hydrogen-bond donors (Lipinski definition) is 0. The molecule has 0 saturated carbocycles. The van der Waals surface area contributed by atoms with Crippen LogP contribution in [-0.2, 0) is 18.3 Å². The predicted molar refractivity (Wildman–Crippen MR) is 111 cm³/mol. The van der Waals surface area contributed by atoms with Gasteiger partial charge in [0.2, 0.25) is 0 Å². The Kier molecular flexibility index (Phi) is 4.41. The van der Waals surface area contributed by atoms with Crippen LogP contribution in [0.1, 0.15) is 61.8 Å². The summed E-state index contributed by atoms with van der Waals surface area (Å²) in [6.07, 6.45) is 6.87. The van der Waals surface area contributed by atoms with E-state index in [2.05, 4.69) is 54.9 Å². The van der Waals surface area contributed by atoms with E-state index in [1.165, 1.54) is 35.1 Å². The van der Waals surface area contributed by atoms with E-state index in [-0.39, 0.29) is 5.41 Å². The second-order valence-electron chi connectivity index (χ2n) is 8.04. The van der Waals surface area contributed by atoms with Crippen molar-refractivity contribution in [2.24, 2.45) is 0 Å². The number of aryl methyl sites for hydroxylation is 2. The third-order valence-corrected chi connectivity index (χ3v) is 7.94. The smallest absolute Gasteiger partial charge is 0.384 e. The van der Waals surface area contributed by atoms with Crippen molar-refractivity contribution < 1.29 is 9.05 Å². The maximum Gasteiger partial charge on any atom is 0.384 e. The van der Waals surface area contributed by atoms with Gasteiger partial charge in [-0.3, -0.25) is 0 Å². The predicted octanol–water partition coefficient (Wildman–Crippen LogP) is 5.99. The minimum atomic E-state index is -1.14. The summed E-state index contributed by atoms with van der Waals surface area (Å²) in [4.78, 5) is 0. The Morgan fingerprint density at radius 1 is 0.852 bits per heavy atom. The summed E-state index contributed by atoms with van der Waals surface area (Å²) in [5.74, 6) is 2.13. The molecule has 0 unspecified atom stereocenters. The largest absolute Gasteiger partial charge is 0.427 e. The molecule has 3 aliphatic rings. The van der Waals surface area contributed by atoms with Gasteiger partial charge in [-0.05, 0) is 61.8 Å². The highest BCUT2D eigenvalue weighted by Crippen LogP contribution is 2.62. The van der Waals surface area contributed by atoms with E-state index in [0.29, 0.717) is 0 Å². The Balaban J connectivity index is 1.69. The molecule has 0 amide bonds. The lowest BCUT2D eigenvalue weighted by molar-refractivity contribution is 0.337. The van der Waals surface area contributed by atoms with Gasteiger partial charge in [-0.15, -0.1) is 0 Å². The molecule has 0 fully saturated rings. The van der Waals surface area contributed by atoms with Crippen LogP contribution in [0, 0.1) is 0 Å². The summed E-state index contributed by atoms with van der Waals surface area (Å²) in [5.41, 5.74) is 5.97. The maximum absolute atomic E-state index is 6.67. The van der Waals surface area contributed by atoms with Gasteiger partial charge in [0.15, 0.2) is 0 Å². The maximum atomic E-state index is 6.67. The van der Waals surface area contributed by atoms with E-state index >= 15 is 0 Å². The van der Waals surface area contributed by atoms with Crippen LogP contribution in [0.4, 0.5) is 0 Å². The van der Waals surface area contributed by atoms with E-state index in [4.69, 9.17) is 9.05 Å². The molecule has 2 aliphatic carbocycles. The highest BCUT2D eigenvalue weighted by atomic mass is 31.2. The minimum Gasteiger partial charge on any atom is -0.427 e. The SMILES string of the molecule is CCCN(CCC)P1Oc2cccc3c2C2(CC3)CCc3cccc(c32)O1. The molecule has 27 heavy (non-hydrogen) atoms. The Morgan fingerprint density at radius 3 is 1.85 bits per heavy atom. The van der Waals surface area contributed by atoms with E-state index in [1.54, 1.807) is 0 Å². The summed E-state index contributed by atoms with van der Waals surface area (Å²) < 4.78 is 15.7. The molecule has 1 heterocycles. The van der Waals surface area contributed by atoms with Crippen LogP contribution in [0.2, 0.25) is 0 Å². The highest BCUT2D eigenvalue weighted by Gasteiger charge is 2.50. The number of nitrogens with zero attached hydrogens (tertiary/aromatic N) is 1. The second-order valence-corrected chi connectivity index (χ2v) is 9.44. The fourth-order valence-electron chi connectivity index (χ4n) is 5.35. The first kappa shape index (κ1) is 17.5. The quantitative estimate of drug-likeness (QED) is 0.594. The summed E-state index contributed by atoms with van der Waals surface area (Å²) in [6, 6.07) is 13.3. The summed E-state index contributed by atoms with van der Waals surface area (Å²) in [7, 11) is -1.14. The lowest BCUT2D eigenvalue weighted by Crippen LogP contribution is -2.29. The van der Waals surface area contributed by atoms with E-state index in [1.807, 2.05) is 0 Å². The van der Waals surface area contributed by atoms with Crippen LogP contribution in [0.25, 0.3) is 0 Å². The molecular weight excluding hydrogens is 353 g/mol. The Bertz CT molecular complexity index is 796. The first-order chi connectivity index (χ1) is 13.3. The van der Waals surface area contributed by atoms with Gasteiger partial charge in [0, 0.05) is 29.6 Å². The normalized spacial score (nSPS) is 19.1. The molecule has 1 aliphatic heterocycles. The molecule has 4 heteroatoms. The molecule has 3 nitrogen and oxygen atoms in total. The standard InChI is InChI=1S/C23H28NO2P/c1-3-15-24(16-4-2)27-25-19-9-5-7-17-11-13-23(21(17)19)14-12-18-8-6-10-20(26-27)22(18)23/h5-10H,3-4,11-16H2,1-2H3. The lowest BCUT2D eigenvalue weighted by Gasteiger charge is -2.36. The molecule has 1 spiro atoms. The first-order valence-electron chi connectivity index (χ1n) is 10.4. The van der Waals surface area contributed by atoms with Gasteiger partial charge in [-0.2, -0.15) is 0 Å². The summed E-state index contributed by atoms with van der Waals surface area (Å²) in [5, 5.41) is 0. The third-order valence-electron chi connectivity index (χ3n) is 6.37. The van der Waals surface area contributed by atoms with Crippen LogP contribution in [0.5, 0.6) is 11.5 Å². The van der Waals surface area contributed by atoms with Gasteiger partial charge < -0.3 is 9.05 Å². The van der Waals surface area contributed by atoms with Crippen molar-refractivity contribution in [1.82, 2.24) is 4.67 Å². The zero-order valence-electron chi connectivity index (χ0n) is 16.3. The minimum absolute atomic E-state index is 0.0968. The van der Waals surface area contributed by atoms with Crippen molar-refractivity contribution in [3.8, 4) is 11.5 Å². The molecular formula is C23H28NO2P. The number of rotatable bonds is 5. The van der Waals surface area contributed by atoms with Crippen LogP contribution >= 0.6 is 8.53 Å². The molecule has 0 saturated heterocycles. The molecule has 2 aromatic carbocycles. The van der Waals surface area contributed by atoms with Crippen molar-refractivity contribution in [2.45, 2.75) is 57.8 Å². The van der Waals surface area contributed by atoms with Crippen LogP contribution in [-0.4, -0.2) is 17.8 Å². The number of benzene rings is 2. The van der Waals surface area contributed by atoms with Gasteiger partial charge in [-0.25, -0.2) is 4.67 Å². The van der Waals surface area contributed by atoms with Crippen molar-refractivity contribution in [3.63, 3.8) is 0 Å². The zero-order chi connectivity index (χ0) is 18.4. The summed E-state index contributed by atoms with van der Waals surface area (Å²) >= 11 is 0. The monoisotopic (exact) mass is 381 g/mol. The molecule has 0 bridgehead atoms. The fraction of sp³-hybridized carbons (Fsp3) is 0.478. The average molecular weight is 381 g/mol. The molecule has 0 N–H and O–H groups in total. The van der Waals surface area contributed by atoms with Crippen molar-refractivity contribution in [1.29, 1.82) is 0 Å². The van der Waals surface area contributed by atoms with E-state index in [9.17, 15) is 0 Å². The fourth-order valence-corrected chi connectivity index (χ4v) is 6.98. The van der Waals surface area contributed by atoms with Gasteiger partial charge in [0.25, 0.3) is 0 Å². The lowest BCUT2D eigenvalue weighted by atomic mass is 9.76. The topological polar surface area (TPSA) is 21.7 Å². The van der Waals surface area contributed by atoms with Gasteiger partial charge in [0.1, 0.15) is 11.5 Å². The third kappa shape index (κ3) is 2.62. The first-order valence-corrected chi connectivity index (χ1v) is 11.6. The molecule has 0 radical (unpaired) electrons. The molecule has 0 aromatic heterocycles. The second kappa shape index (κ2) is 6.79. The van der Waals surface area contributed by atoms with Crippen molar-refractivity contribution in [2.75, 3.05) is 13.1 Å². The highest BCUT2D eigenvalue weighted by molar-refractivity contribution is 7.45. The van der Waals surface area contributed by atoms with E-state index < -0.39 is 8.53 Å². The van der Waals surface area contributed by atoms with Gasteiger partial charge >= 0.3 is 8.53 Å². The molecule has 5 rings (SSSR count). The molecule has 2 aromatic rings. The zero-order valence-corrected chi connectivity index (χ0v) is 17.2.